The lowest BCUT2D eigenvalue weighted by molar-refractivity contribution is -0.164. The normalized spacial score (nSPS) is 27.3. The summed E-state index contributed by atoms with van der Waals surface area (Å²) in [6.07, 6.45) is 3.48. The number of aryl methyl sites for hydroxylation is 1. The summed E-state index contributed by atoms with van der Waals surface area (Å²) in [7, 11) is 3.20. The van der Waals surface area contributed by atoms with Crippen LogP contribution in [0.2, 0.25) is 0 Å². The highest BCUT2D eigenvalue weighted by molar-refractivity contribution is 7.99. The lowest BCUT2D eigenvalue weighted by atomic mass is 9.74. The molecule has 7 atom stereocenters. The zero-order chi connectivity index (χ0) is 41.3. The molecule has 0 amide bonds. The van der Waals surface area contributed by atoms with Crippen molar-refractivity contribution >= 4 is 23.7 Å². The van der Waals surface area contributed by atoms with Crippen molar-refractivity contribution in [1.82, 2.24) is 15.5 Å². The molecular weight excluding hydrogens is 779 g/mol. The quantitative estimate of drug-likeness (QED) is 0.154. The SMILES string of the molecule is C=CCOc1cc2c(cc1OC)[C@@]1(CS[C@@H]3c4c(OC(C)=O)c(C)c5c(c4[C@H](COC1=O)N1C3[C@@H]3N[C@@H](Cc4cc(C)c(OC)c(OCC=C)c43)[C@@H]1O)OCO5)NCC2. The first-order valence-corrected chi connectivity index (χ1v) is 20.9. The summed E-state index contributed by atoms with van der Waals surface area (Å²) >= 11 is 1.53. The van der Waals surface area contributed by atoms with Gasteiger partial charge in [-0.25, -0.2) is 4.79 Å². The van der Waals surface area contributed by atoms with Crippen LogP contribution in [-0.4, -0.2) is 93.4 Å². The molecule has 0 radical (unpaired) electrons. The molecule has 10 rings (SSSR count). The van der Waals surface area contributed by atoms with Crippen molar-refractivity contribution < 1.29 is 52.6 Å². The molecule has 1 unspecified atom stereocenters. The molecule has 1 spiro atoms. The minimum atomic E-state index is -1.32. The number of ether oxygens (including phenoxy) is 8. The Morgan fingerprint density at radius 1 is 0.983 bits per heavy atom. The lowest BCUT2D eigenvalue weighted by Crippen LogP contribution is -2.70. The Kier molecular flexibility index (Phi) is 10.2. The van der Waals surface area contributed by atoms with Gasteiger partial charge in [-0.1, -0.05) is 31.4 Å². The third-order valence-electron chi connectivity index (χ3n) is 12.4. The van der Waals surface area contributed by atoms with Crippen LogP contribution >= 0.6 is 11.8 Å². The molecule has 312 valence electrons. The number of rotatable bonds is 9. The number of thioether (sulfide) groups is 1. The molecule has 0 aromatic heterocycles. The lowest BCUT2D eigenvalue weighted by Gasteiger charge is -2.59. The number of aliphatic hydroxyl groups is 1. The Morgan fingerprint density at radius 3 is 2.51 bits per heavy atom. The molecule has 59 heavy (non-hydrogen) atoms. The second-order valence-electron chi connectivity index (χ2n) is 15.7. The molecular formula is C44H49N3O11S. The average molecular weight is 828 g/mol. The van der Waals surface area contributed by atoms with E-state index in [1.54, 1.807) is 26.4 Å². The third kappa shape index (κ3) is 6.06. The molecule has 7 aliphatic rings. The van der Waals surface area contributed by atoms with Gasteiger partial charge in [0, 0.05) is 47.5 Å². The highest BCUT2D eigenvalue weighted by atomic mass is 32.2. The van der Waals surface area contributed by atoms with Crippen LogP contribution in [0.25, 0.3) is 0 Å². The number of aliphatic hydroxyl groups excluding tert-OH is 1. The fourth-order valence-electron chi connectivity index (χ4n) is 10.1. The summed E-state index contributed by atoms with van der Waals surface area (Å²) in [6.45, 7) is 13.7. The van der Waals surface area contributed by atoms with Gasteiger partial charge < -0.3 is 48.3 Å². The minimum absolute atomic E-state index is 0.0457. The van der Waals surface area contributed by atoms with E-state index in [1.165, 1.54) is 18.7 Å². The van der Waals surface area contributed by atoms with Crippen LogP contribution in [-0.2, 0) is 32.7 Å². The van der Waals surface area contributed by atoms with E-state index in [1.807, 2.05) is 26.0 Å². The van der Waals surface area contributed by atoms with Crippen molar-refractivity contribution in [3.8, 4) is 40.2 Å². The maximum atomic E-state index is 14.9. The van der Waals surface area contributed by atoms with Crippen molar-refractivity contribution in [2.75, 3.05) is 53.1 Å². The number of hydrogen-bond donors (Lipinski definition) is 3. The van der Waals surface area contributed by atoms with E-state index in [-0.39, 0.29) is 32.4 Å². The van der Waals surface area contributed by atoms with E-state index in [0.717, 1.165) is 33.4 Å². The monoisotopic (exact) mass is 827 g/mol. The van der Waals surface area contributed by atoms with Gasteiger partial charge in [0.25, 0.3) is 0 Å². The molecule has 0 saturated carbocycles. The van der Waals surface area contributed by atoms with Crippen LogP contribution in [0.4, 0.5) is 0 Å². The van der Waals surface area contributed by atoms with Gasteiger partial charge in [-0.05, 0) is 61.1 Å². The Labute approximate surface area is 347 Å². The number of piperazine rings is 1. The van der Waals surface area contributed by atoms with Crippen molar-refractivity contribution in [3.63, 3.8) is 0 Å². The largest absolute Gasteiger partial charge is 0.493 e. The van der Waals surface area contributed by atoms with Crippen molar-refractivity contribution in [1.29, 1.82) is 0 Å². The number of benzene rings is 3. The van der Waals surface area contributed by atoms with E-state index in [2.05, 4.69) is 34.8 Å². The van der Waals surface area contributed by atoms with Crippen molar-refractivity contribution in [2.24, 2.45) is 0 Å². The van der Waals surface area contributed by atoms with E-state index in [0.29, 0.717) is 70.8 Å². The van der Waals surface area contributed by atoms with Crippen molar-refractivity contribution in [2.45, 2.75) is 74.8 Å². The van der Waals surface area contributed by atoms with Crippen molar-refractivity contribution in [3.05, 3.63) is 88.0 Å². The fraction of sp³-hybridized carbons (Fsp3) is 0.455. The fourth-order valence-corrected chi connectivity index (χ4v) is 11.8. The number of carbonyl (C=O) groups excluding carboxylic acids is 2. The minimum Gasteiger partial charge on any atom is -0.493 e. The van der Waals surface area contributed by atoms with Gasteiger partial charge in [0.05, 0.1) is 37.6 Å². The molecule has 3 N–H and O–H groups in total. The predicted octanol–water partition coefficient (Wildman–Crippen LogP) is 4.79. The van der Waals surface area contributed by atoms with Crippen LogP contribution in [0.1, 0.15) is 68.8 Å². The number of esters is 2. The molecule has 3 aromatic rings. The molecule has 7 aliphatic heterocycles. The second kappa shape index (κ2) is 15.3. The molecule has 3 aromatic carbocycles. The number of carbonyl (C=O) groups is 2. The molecule has 2 fully saturated rings. The van der Waals surface area contributed by atoms with Gasteiger partial charge in [0.15, 0.2) is 40.0 Å². The molecule has 14 nitrogen and oxygen atoms in total. The molecule has 7 heterocycles. The summed E-state index contributed by atoms with van der Waals surface area (Å²) in [5, 5.41) is 19.4. The predicted molar refractivity (Wildman–Crippen MR) is 218 cm³/mol. The van der Waals surface area contributed by atoms with Crippen LogP contribution in [0, 0.1) is 13.8 Å². The Morgan fingerprint density at radius 2 is 1.76 bits per heavy atom. The molecule has 15 heteroatoms. The first kappa shape index (κ1) is 39.5. The van der Waals surface area contributed by atoms with Crippen LogP contribution in [0.5, 0.6) is 40.2 Å². The van der Waals surface area contributed by atoms with E-state index in [4.69, 9.17) is 37.9 Å². The molecule has 0 aliphatic carbocycles. The first-order valence-electron chi connectivity index (χ1n) is 19.9. The van der Waals surface area contributed by atoms with Gasteiger partial charge in [0.2, 0.25) is 6.79 Å². The van der Waals surface area contributed by atoms with Gasteiger partial charge in [-0.15, -0.1) is 11.8 Å². The summed E-state index contributed by atoms with van der Waals surface area (Å²) in [6, 6.07) is 3.81. The first-order chi connectivity index (χ1) is 28.6. The van der Waals surface area contributed by atoms with Crippen LogP contribution in [0.15, 0.2) is 43.5 Å². The second-order valence-corrected chi connectivity index (χ2v) is 16.8. The van der Waals surface area contributed by atoms with Gasteiger partial charge in [0.1, 0.15) is 31.8 Å². The summed E-state index contributed by atoms with van der Waals surface area (Å²) < 4.78 is 49.3. The summed E-state index contributed by atoms with van der Waals surface area (Å²) in [4.78, 5) is 30.0. The Bertz CT molecular complexity index is 2270. The maximum absolute atomic E-state index is 14.9. The highest BCUT2D eigenvalue weighted by Crippen LogP contribution is 2.63. The smallest absolute Gasteiger partial charge is 0.331 e. The number of hydrogen-bond acceptors (Lipinski definition) is 15. The van der Waals surface area contributed by atoms with E-state index in [9.17, 15) is 14.7 Å². The Hall–Kier alpha value is -4.93. The molecule has 2 saturated heterocycles. The summed E-state index contributed by atoms with van der Waals surface area (Å²) in [5.41, 5.74) is 5.18. The summed E-state index contributed by atoms with van der Waals surface area (Å²) in [5.74, 6) is 2.77. The zero-order valence-corrected chi connectivity index (χ0v) is 34.6. The maximum Gasteiger partial charge on any atom is 0.331 e. The zero-order valence-electron chi connectivity index (χ0n) is 33.8. The third-order valence-corrected chi connectivity index (χ3v) is 13.9. The average Bonchev–Trinajstić information content (AvgIpc) is 3.73. The topological polar surface area (TPSA) is 156 Å². The number of nitrogens with one attached hydrogen (secondary N) is 2. The highest BCUT2D eigenvalue weighted by Gasteiger charge is 2.60. The van der Waals surface area contributed by atoms with Gasteiger partial charge >= 0.3 is 11.9 Å². The van der Waals surface area contributed by atoms with Gasteiger partial charge in [-0.3, -0.25) is 15.0 Å². The number of fused-ring (bicyclic) bond motifs is 9. The van der Waals surface area contributed by atoms with E-state index >= 15 is 0 Å². The number of nitrogens with zero attached hydrogens (tertiary/aromatic N) is 1. The van der Waals surface area contributed by atoms with Gasteiger partial charge in [-0.2, -0.15) is 0 Å². The molecule has 4 bridgehead atoms. The van der Waals surface area contributed by atoms with E-state index < -0.39 is 53.1 Å². The van der Waals surface area contributed by atoms with Crippen LogP contribution in [0.3, 0.4) is 0 Å². The van der Waals surface area contributed by atoms with Crippen LogP contribution < -0.4 is 43.8 Å². The standard InChI is InChI=1S/C44H49N3O11S/c1-8-12-53-30-16-24-10-11-45-44(26(24)17-29(30)51-6)19-59-41-33-32(40-38(56-20-57-40)22(4)37(33)58-23(5)48)28(18-55-43(44)50)47-35(41)34-31-25(15-27(46-34)42(47)49)14-21(3)36(52-7)39(31)54-13-9-2/h8-9,14,16-17,27-28,34-35,41-42,45-46,49H,1-2,10-13,15,18-20H2,3-7H3/t27-,28-,34+,35?,41+,42-,44+/m0/s1. The number of methoxy groups -OCH3 is 2. The Balaban J connectivity index is 1.29.